The predicted molar refractivity (Wildman–Crippen MR) is 74.3 cm³/mol. The van der Waals surface area contributed by atoms with Crippen LogP contribution in [0.2, 0.25) is 0 Å². The molecule has 0 saturated carbocycles. The maximum absolute atomic E-state index is 11.8. The van der Waals surface area contributed by atoms with E-state index in [0.717, 1.165) is 0 Å². The molecule has 1 atom stereocenters. The first-order chi connectivity index (χ1) is 8.72. The molecule has 0 amide bonds. The summed E-state index contributed by atoms with van der Waals surface area (Å²) in [6.45, 7) is 1.24. The average Bonchev–Trinajstić information content (AvgIpc) is 2.28. The van der Waals surface area contributed by atoms with Gasteiger partial charge in [-0.3, -0.25) is 4.79 Å². The number of nitrogens with two attached hydrogens (primary N) is 1. The molecule has 0 radical (unpaired) electrons. The van der Waals surface area contributed by atoms with Gasteiger partial charge in [0.2, 0.25) is 10.0 Å². The first kappa shape index (κ1) is 15.3. The minimum Gasteiger partial charge on any atom is -0.480 e. The smallest absolute Gasteiger partial charge is 0.321 e. The second kappa shape index (κ2) is 5.95. The minimum absolute atomic E-state index is 0.0471. The van der Waals surface area contributed by atoms with Crippen molar-refractivity contribution in [2.45, 2.75) is 17.9 Å². The van der Waals surface area contributed by atoms with Gasteiger partial charge in [0.05, 0.1) is 4.90 Å². The molecular formula is C10H13N3O4S2. The molecular weight excluding hydrogens is 290 g/mol. The Balaban J connectivity index is 2.90. The molecule has 7 nitrogen and oxygen atoms in total. The van der Waals surface area contributed by atoms with Gasteiger partial charge < -0.3 is 16.2 Å². The van der Waals surface area contributed by atoms with E-state index in [1.54, 1.807) is 0 Å². The number of hydrogen-bond donors (Lipinski definition) is 4. The summed E-state index contributed by atoms with van der Waals surface area (Å²) < 4.78 is 25.7. The van der Waals surface area contributed by atoms with Crippen LogP contribution in [0.4, 0.5) is 5.69 Å². The van der Waals surface area contributed by atoms with Crippen LogP contribution in [-0.4, -0.2) is 30.6 Å². The van der Waals surface area contributed by atoms with Crippen molar-refractivity contribution in [3.05, 3.63) is 24.3 Å². The first-order valence-corrected chi connectivity index (χ1v) is 7.03. The molecule has 0 aliphatic heterocycles. The minimum atomic E-state index is -3.87. The van der Waals surface area contributed by atoms with Crippen molar-refractivity contribution in [3.63, 3.8) is 0 Å². The number of carboxylic acid groups (broad SMARTS) is 1. The summed E-state index contributed by atoms with van der Waals surface area (Å²) in [4.78, 5) is 10.6. The second-order valence-electron chi connectivity index (χ2n) is 3.69. The van der Waals surface area contributed by atoms with Crippen molar-refractivity contribution >= 4 is 39.0 Å². The van der Waals surface area contributed by atoms with Crippen molar-refractivity contribution in [1.82, 2.24) is 4.72 Å². The van der Waals surface area contributed by atoms with Crippen LogP contribution in [0.3, 0.4) is 0 Å². The van der Waals surface area contributed by atoms with Crippen molar-refractivity contribution in [3.8, 4) is 0 Å². The summed E-state index contributed by atoms with van der Waals surface area (Å²) in [5.41, 5.74) is 5.81. The lowest BCUT2D eigenvalue weighted by molar-refractivity contribution is -0.138. The molecule has 104 valence electrons. The molecule has 19 heavy (non-hydrogen) atoms. The van der Waals surface area contributed by atoms with Gasteiger partial charge in [0.25, 0.3) is 0 Å². The number of thiocarbonyl (C=S) groups is 1. The molecule has 0 heterocycles. The summed E-state index contributed by atoms with van der Waals surface area (Å²) in [7, 11) is -3.87. The number of hydrogen-bond acceptors (Lipinski definition) is 4. The highest BCUT2D eigenvalue weighted by Gasteiger charge is 2.21. The van der Waals surface area contributed by atoms with Gasteiger partial charge in [-0.1, -0.05) is 0 Å². The van der Waals surface area contributed by atoms with Gasteiger partial charge >= 0.3 is 5.97 Å². The summed E-state index contributed by atoms with van der Waals surface area (Å²) in [5, 5.41) is 11.4. The number of carbonyl (C=O) groups is 1. The van der Waals surface area contributed by atoms with E-state index in [0.29, 0.717) is 5.69 Å². The van der Waals surface area contributed by atoms with E-state index in [9.17, 15) is 13.2 Å². The Hall–Kier alpha value is -1.71. The predicted octanol–water partition coefficient (Wildman–Crippen LogP) is 0.0935. The van der Waals surface area contributed by atoms with Gasteiger partial charge in [-0.25, -0.2) is 8.42 Å². The molecule has 0 aromatic heterocycles. The Morgan fingerprint density at radius 1 is 1.37 bits per heavy atom. The lowest BCUT2D eigenvalue weighted by Crippen LogP contribution is -2.38. The molecule has 1 aromatic carbocycles. The molecule has 0 bridgehead atoms. The van der Waals surface area contributed by atoms with Gasteiger partial charge in [0.1, 0.15) is 6.04 Å². The summed E-state index contributed by atoms with van der Waals surface area (Å²) in [5.74, 6) is -1.25. The number of carboxylic acids is 1. The zero-order chi connectivity index (χ0) is 14.6. The Bertz CT molecular complexity index is 583. The fourth-order valence-corrected chi connectivity index (χ4v) is 2.53. The van der Waals surface area contributed by atoms with Crippen LogP contribution >= 0.6 is 12.2 Å². The van der Waals surface area contributed by atoms with Gasteiger partial charge in [0.15, 0.2) is 5.11 Å². The lowest BCUT2D eigenvalue weighted by atomic mass is 10.3. The molecule has 1 aromatic rings. The van der Waals surface area contributed by atoms with Crippen molar-refractivity contribution in [2.24, 2.45) is 5.73 Å². The van der Waals surface area contributed by atoms with E-state index in [4.69, 9.17) is 10.8 Å². The van der Waals surface area contributed by atoms with Crippen LogP contribution in [-0.2, 0) is 14.8 Å². The molecule has 0 aliphatic carbocycles. The third-order valence-electron chi connectivity index (χ3n) is 2.13. The maximum atomic E-state index is 11.8. The summed E-state index contributed by atoms with van der Waals surface area (Å²) in [6.07, 6.45) is 0. The molecule has 9 heteroatoms. The van der Waals surface area contributed by atoms with E-state index in [-0.39, 0.29) is 10.0 Å². The lowest BCUT2D eigenvalue weighted by Gasteiger charge is -2.11. The number of rotatable bonds is 5. The monoisotopic (exact) mass is 303 g/mol. The van der Waals surface area contributed by atoms with Crippen LogP contribution < -0.4 is 15.8 Å². The van der Waals surface area contributed by atoms with Crippen molar-refractivity contribution < 1.29 is 18.3 Å². The third-order valence-corrected chi connectivity index (χ3v) is 3.79. The summed E-state index contributed by atoms with van der Waals surface area (Å²) >= 11 is 4.64. The molecule has 0 aliphatic rings. The normalized spacial score (nSPS) is 12.7. The van der Waals surface area contributed by atoms with Crippen LogP contribution in [0, 0.1) is 0 Å². The maximum Gasteiger partial charge on any atom is 0.321 e. The third kappa shape index (κ3) is 4.47. The number of anilines is 1. The zero-order valence-electron chi connectivity index (χ0n) is 9.95. The van der Waals surface area contributed by atoms with E-state index in [1.165, 1.54) is 31.2 Å². The number of nitrogens with one attached hydrogen (secondary N) is 2. The fourth-order valence-electron chi connectivity index (χ4n) is 1.21. The highest BCUT2D eigenvalue weighted by atomic mass is 32.2. The molecule has 0 saturated heterocycles. The van der Waals surface area contributed by atoms with Crippen molar-refractivity contribution in [1.29, 1.82) is 0 Å². The number of aliphatic carboxylic acids is 1. The number of benzene rings is 1. The van der Waals surface area contributed by atoms with E-state index in [1.807, 2.05) is 4.72 Å². The molecule has 0 spiro atoms. The Morgan fingerprint density at radius 2 is 1.89 bits per heavy atom. The van der Waals surface area contributed by atoms with Gasteiger partial charge in [-0.15, -0.1) is 0 Å². The highest BCUT2D eigenvalue weighted by molar-refractivity contribution is 7.89. The fraction of sp³-hybridized carbons (Fsp3) is 0.200. The van der Waals surface area contributed by atoms with Crippen LogP contribution in [0.25, 0.3) is 0 Å². The van der Waals surface area contributed by atoms with Crippen LogP contribution in [0.15, 0.2) is 29.2 Å². The largest absolute Gasteiger partial charge is 0.480 e. The Morgan fingerprint density at radius 3 is 2.32 bits per heavy atom. The summed E-state index contributed by atoms with van der Waals surface area (Å²) in [6, 6.07) is 4.37. The quantitative estimate of drug-likeness (QED) is 0.569. The standard InChI is InChI=1S/C10H13N3O4S2/c1-6(9(14)15)13-19(16,17)8-4-2-7(3-5-8)12-10(11)18/h2-6,13H,1H3,(H,14,15)(H3,11,12,18). The second-order valence-corrected chi connectivity index (χ2v) is 5.85. The topological polar surface area (TPSA) is 122 Å². The van der Waals surface area contributed by atoms with Gasteiger partial charge in [-0.2, -0.15) is 4.72 Å². The van der Waals surface area contributed by atoms with E-state index < -0.39 is 22.0 Å². The van der Waals surface area contributed by atoms with Gasteiger partial charge in [0, 0.05) is 5.69 Å². The van der Waals surface area contributed by atoms with Crippen molar-refractivity contribution in [2.75, 3.05) is 5.32 Å². The first-order valence-electron chi connectivity index (χ1n) is 5.14. The molecule has 1 unspecified atom stereocenters. The number of sulfonamides is 1. The zero-order valence-corrected chi connectivity index (χ0v) is 11.6. The Labute approximate surface area is 115 Å². The van der Waals surface area contributed by atoms with E-state index >= 15 is 0 Å². The highest BCUT2D eigenvalue weighted by Crippen LogP contribution is 2.14. The molecule has 1 rings (SSSR count). The molecule has 5 N–H and O–H groups in total. The SMILES string of the molecule is CC(NS(=O)(=O)c1ccc(NC(N)=S)cc1)C(=O)O. The van der Waals surface area contributed by atoms with Gasteiger partial charge in [-0.05, 0) is 43.4 Å². The average molecular weight is 303 g/mol. The van der Waals surface area contributed by atoms with Crippen LogP contribution in [0.5, 0.6) is 0 Å². The van der Waals surface area contributed by atoms with E-state index in [2.05, 4.69) is 17.5 Å². The van der Waals surface area contributed by atoms with Crippen LogP contribution in [0.1, 0.15) is 6.92 Å². The molecule has 0 fully saturated rings. The Kier molecular flexibility index (Phi) is 4.81.